The summed E-state index contributed by atoms with van der Waals surface area (Å²) in [5, 5.41) is 1.23. The third-order valence-corrected chi connectivity index (χ3v) is 7.15. The van der Waals surface area contributed by atoms with Crippen molar-refractivity contribution in [1.29, 1.82) is 0 Å². The summed E-state index contributed by atoms with van der Waals surface area (Å²) >= 11 is 11.1. The van der Waals surface area contributed by atoms with Crippen molar-refractivity contribution >= 4 is 56.0 Å². The first kappa shape index (κ1) is 20.7. The summed E-state index contributed by atoms with van der Waals surface area (Å²) in [5.74, 6) is 0.565. The van der Waals surface area contributed by atoms with E-state index in [9.17, 15) is 0 Å². The van der Waals surface area contributed by atoms with Gasteiger partial charge in [0.1, 0.15) is 23.0 Å². The minimum atomic E-state index is -0.503. The van der Waals surface area contributed by atoms with Crippen LogP contribution in [0.25, 0.3) is 10.9 Å². The van der Waals surface area contributed by atoms with Gasteiger partial charge in [-0.3, -0.25) is 0 Å². The van der Waals surface area contributed by atoms with Crippen molar-refractivity contribution < 1.29 is 9.13 Å². The lowest BCUT2D eigenvalue weighted by Gasteiger charge is -2.29. The highest BCUT2D eigenvalue weighted by atomic mass is 79.9. The molecule has 0 unspecified atom stereocenters. The van der Waals surface area contributed by atoms with Gasteiger partial charge in [0.2, 0.25) is 0 Å². The van der Waals surface area contributed by atoms with E-state index >= 15 is 4.39 Å². The number of hydrogen-bond acceptors (Lipinski definition) is 5. The minimum absolute atomic E-state index is 0.00900. The molecule has 2 heterocycles. The second-order valence-electron chi connectivity index (χ2n) is 7.24. The van der Waals surface area contributed by atoms with E-state index in [-0.39, 0.29) is 21.1 Å². The maximum Gasteiger partial charge on any atom is 0.189 e. The van der Waals surface area contributed by atoms with Crippen molar-refractivity contribution in [2.45, 2.75) is 38.5 Å². The van der Waals surface area contributed by atoms with E-state index < -0.39 is 5.82 Å². The zero-order valence-electron chi connectivity index (χ0n) is 16.5. The van der Waals surface area contributed by atoms with Gasteiger partial charge in [0.15, 0.2) is 16.7 Å². The minimum Gasteiger partial charge on any atom is -0.489 e. The Morgan fingerprint density at radius 3 is 2.76 bits per heavy atom. The van der Waals surface area contributed by atoms with Crippen LogP contribution in [0.2, 0.25) is 5.02 Å². The number of thioether (sulfide) groups is 1. The molecule has 1 aliphatic rings. The van der Waals surface area contributed by atoms with Crippen LogP contribution < -0.4 is 9.64 Å². The molecule has 1 aromatic heterocycles. The number of hydrogen-bond donors (Lipinski definition) is 0. The molecule has 0 aliphatic carbocycles. The summed E-state index contributed by atoms with van der Waals surface area (Å²) in [6.07, 6.45) is 1.88. The number of anilines is 1. The van der Waals surface area contributed by atoms with Gasteiger partial charge in [-0.1, -0.05) is 41.6 Å². The summed E-state index contributed by atoms with van der Waals surface area (Å²) < 4.78 is 21.3. The van der Waals surface area contributed by atoms with Crippen LogP contribution in [0.4, 0.5) is 10.2 Å². The molecule has 29 heavy (non-hydrogen) atoms. The van der Waals surface area contributed by atoms with Crippen LogP contribution in [0.15, 0.2) is 27.8 Å². The molecule has 3 aromatic rings. The number of aryl methyl sites for hydroxylation is 2. The van der Waals surface area contributed by atoms with Crippen molar-refractivity contribution in [2.24, 2.45) is 0 Å². The van der Waals surface area contributed by atoms with Crippen molar-refractivity contribution in [3.63, 3.8) is 0 Å². The molecule has 8 heteroatoms. The summed E-state index contributed by atoms with van der Waals surface area (Å²) in [5.41, 5.74) is 3.85. The third-order valence-electron chi connectivity index (χ3n) is 5.27. The first-order valence-electron chi connectivity index (χ1n) is 9.19. The van der Waals surface area contributed by atoms with Crippen molar-refractivity contribution in [2.75, 3.05) is 17.8 Å². The Morgan fingerprint density at radius 1 is 1.31 bits per heavy atom. The topological polar surface area (TPSA) is 38.3 Å². The van der Waals surface area contributed by atoms with Crippen molar-refractivity contribution in [1.82, 2.24) is 9.97 Å². The Bertz CT molecular complexity index is 1130. The smallest absolute Gasteiger partial charge is 0.189 e. The van der Waals surface area contributed by atoms with Gasteiger partial charge in [-0.25, -0.2) is 14.4 Å². The molecule has 2 aromatic carbocycles. The largest absolute Gasteiger partial charge is 0.489 e. The average molecular weight is 497 g/mol. The van der Waals surface area contributed by atoms with E-state index in [2.05, 4.69) is 64.8 Å². The van der Waals surface area contributed by atoms with Crippen molar-refractivity contribution in [3.8, 4) is 5.75 Å². The van der Waals surface area contributed by atoms with Crippen LogP contribution in [-0.4, -0.2) is 28.9 Å². The summed E-state index contributed by atoms with van der Waals surface area (Å²) in [7, 11) is 0. The standard InChI is InChI=1S/C21H20BrClFN3OS/c1-10-5-6-13(7-11(10)2)8-27-12(3)9-28-19-14-18(17(24)15(22)16(19)23)25-21(29-4)26-20(14)27/h5-7,12H,8-9H2,1-4H3/t12-/m0/s1. The fourth-order valence-electron chi connectivity index (χ4n) is 3.47. The first-order chi connectivity index (χ1) is 13.8. The Kier molecular flexibility index (Phi) is 5.66. The molecule has 0 N–H and O–H groups in total. The van der Waals surface area contributed by atoms with Crippen LogP contribution in [-0.2, 0) is 6.54 Å². The quantitative estimate of drug-likeness (QED) is 0.241. The first-order valence-corrected chi connectivity index (χ1v) is 11.6. The van der Waals surface area contributed by atoms with E-state index in [0.29, 0.717) is 35.3 Å². The molecule has 0 radical (unpaired) electrons. The average Bonchev–Trinajstić information content (AvgIpc) is 2.84. The Labute approximate surface area is 186 Å². The normalized spacial score (nSPS) is 16.1. The molecule has 0 saturated carbocycles. The lowest BCUT2D eigenvalue weighted by molar-refractivity contribution is 0.296. The highest BCUT2D eigenvalue weighted by molar-refractivity contribution is 9.10. The second kappa shape index (κ2) is 7.93. The van der Waals surface area contributed by atoms with Gasteiger partial charge in [-0.2, -0.15) is 0 Å². The lowest BCUT2D eigenvalue weighted by atomic mass is 10.1. The molecular formula is C21H20BrClFN3OS. The number of rotatable bonds is 3. The van der Waals surface area contributed by atoms with Crippen LogP contribution in [0.5, 0.6) is 5.75 Å². The summed E-state index contributed by atoms with van der Waals surface area (Å²) in [6.45, 7) is 7.30. The van der Waals surface area contributed by atoms with Gasteiger partial charge in [-0.15, -0.1) is 0 Å². The van der Waals surface area contributed by atoms with Gasteiger partial charge in [0.05, 0.1) is 15.9 Å². The van der Waals surface area contributed by atoms with E-state index in [1.165, 1.54) is 22.9 Å². The van der Waals surface area contributed by atoms with E-state index in [4.69, 9.17) is 21.3 Å². The fraction of sp³-hybridized carbons (Fsp3) is 0.333. The third kappa shape index (κ3) is 3.57. The van der Waals surface area contributed by atoms with Crippen molar-refractivity contribution in [3.05, 3.63) is 50.2 Å². The van der Waals surface area contributed by atoms with Gasteiger partial charge < -0.3 is 9.64 Å². The van der Waals surface area contributed by atoms with Gasteiger partial charge in [0.25, 0.3) is 0 Å². The van der Waals surface area contributed by atoms with E-state index in [1.807, 2.05) is 6.26 Å². The van der Waals surface area contributed by atoms with Gasteiger partial charge in [0, 0.05) is 6.54 Å². The SMILES string of the molecule is CSc1nc2c3c(c(Cl)c(Br)c(F)c3n1)OC[C@H](C)N2Cc1ccc(C)c(C)c1. The highest BCUT2D eigenvalue weighted by Crippen LogP contribution is 2.46. The molecule has 4 rings (SSSR count). The van der Waals surface area contributed by atoms with Crippen LogP contribution >= 0.6 is 39.3 Å². The molecule has 0 bridgehead atoms. The molecule has 4 nitrogen and oxygen atoms in total. The zero-order valence-corrected chi connectivity index (χ0v) is 19.7. The van der Waals surface area contributed by atoms with Crippen LogP contribution in [0.1, 0.15) is 23.6 Å². The Hall–Kier alpha value is -1.57. The predicted molar refractivity (Wildman–Crippen MR) is 121 cm³/mol. The molecule has 0 saturated heterocycles. The number of ether oxygens (including phenoxy) is 1. The Morgan fingerprint density at radius 2 is 2.07 bits per heavy atom. The maximum atomic E-state index is 15.1. The molecule has 1 atom stereocenters. The molecule has 152 valence electrons. The number of nitrogens with zero attached hydrogens (tertiary/aromatic N) is 3. The number of halogens is 3. The monoisotopic (exact) mass is 495 g/mol. The fourth-order valence-corrected chi connectivity index (χ4v) is 4.43. The molecule has 1 aliphatic heterocycles. The molecular weight excluding hydrogens is 477 g/mol. The van der Waals surface area contributed by atoms with Crippen LogP contribution in [0.3, 0.4) is 0 Å². The molecule has 0 amide bonds. The second-order valence-corrected chi connectivity index (χ2v) is 9.18. The van der Waals surface area contributed by atoms with Gasteiger partial charge >= 0.3 is 0 Å². The van der Waals surface area contributed by atoms with Gasteiger partial charge in [-0.05, 0) is 59.6 Å². The van der Waals surface area contributed by atoms with E-state index in [0.717, 1.165) is 5.56 Å². The van der Waals surface area contributed by atoms with Crippen LogP contribution in [0, 0.1) is 19.7 Å². The highest BCUT2D eigenvalue weighted by Gasteiger charge is 2.31. The summed E-state index contributed by atoms with van der Waals surface area (Å²) in [6, 6.07) is 6.42. The zero-order chi connectivity index (χ0) is 20.9. The molecule has 0 spiro atoms. The number of aromatic nitrogens is 2. The Balaban J connectivity index is 1.96. The maximum absolute atomic E-state index is 15.1. The van der Waals surface area contributed by atoms with E-state index in [1.54, 1.807) is 0 Å². The molecule has 0 fully saturated rings. The number of benzene rings is 2. The summed E-state index contributed by atoms with van der Waals surface area (Å²) in [4.78, 5) is 11.3. The lowest BCUT2D eigenvalue weighted by Crippen LogP contribution is -2.36. The predicted octanol–water partition coefficient (Wildman–Crippen LogP) is 6.31.